The number of nitrogens with one attached hydrogen (secondary N) is 2. The number of benzene rings is 2. The van der Waals surface area contributed by atoms with Crippen LogP contribution in [0.1, 0.15) is 10.4 Å². The third-order valence-electron chi connectivity index (χ3n) is 2.56. The molecule has 0 bridgehead atoms. The van der Waals surface area contributed by atoms with Crippen LogP contribution in [-0.4, -0.2) is 12.0 Å². The average molecular weight is 324 g/mol. The van der Waals surface area contributed by atoms with E-state index in [1.54, 1.807) is 12.1 Å². The van der Waals surface area contributed by atoms with Gasteiger partial charge in [-0.3, -0.25) is 0 Å². The van der Waals surface area contributed by atoms with Crippen molar-refractivity contribution in [1.29, 1.82) is 0 Å². The summed E-state index contributed by atoms with van der Waals surface area (Å²) in [7, 11) is 0. The largest absolute Gasteiger partial charge is 0.545 e. The molecule has 0 spiro atoms. The van der Waals surface area contributed by atoms with Gasteiger partial charge in [0.15, 0.2) is 0 Å². The molecule has 0 atom stereocenters. The Labute approximate surface area is 130 Å². The summed E-state index contributed by atoms with van der Waals surface area (Å²) in [5.41, 5.74) is 0.955. The van der Waals surface area contributed by atoms with E-state index in [-0.39, 0.29) is 5.56 Å². The molecule has 0 aliphatic carbocycles. The van der Waals surface area contributed by atoms with E-state index in [0.29, 0.717) is 21.4 Å². The Hall–Kier alpha value is -2.24. The van der Waals surface area contributed by atoms with Crippen LogP contribution in [0, 0.1) is 0 Å². The first-order chi connectivity index (χ1) is 9.95. The summed E-state index contributed by atoms with van der Waals surface area (Å²) in [6.07, 6.45) is 0. The number of hydrogen-bond donors (Lipinski definition) is 2. The number of urea groups is 1. The molecule has 2 N–H and O–H groups in total. The molecule has 108 valence electrons. The Morgan fingerprint density at radius 3 is 2.00 bits per heavy atom. The summed E-state index contributed by atoms with van der Waals surface area (Å²) < 4.78 is 0. The van der Waals surface area contributed by atoms with Crippen LogP contribution in [-0.2, 0) is 0 Å². The normalized spacial score (nSPS) is 10.0. The topological polar surface area (TPSA) is 81.3 Å². The third kappa shape index (κ3) is 4.11. The van der Waals surface area contributed by atoms with E-state index in [2.05, 4.69) is 10.6 Å². The minimum atomic E-state index is -1.28. The number of hydrogen-bond acceptors (Lipinski definition) is 3. The van der Waals surface area contributed by atoms with Crippen molar-refractivity contribution in [3.8, 4) is 0 Å². The lowest BCUT2D eigenvalue weighted by atomic mass is 10.2. The molecule has 5 nitrogen and oxygen atoms in total. The molecule has 0 fully saturated rings. The summed E-state index contributed by atoms with van der Waals surface area (Å²) in [5.74, 6) is -1.28. The van der Waals surface area contributed by atoms with Gasteiger partial charge in [-0.25, -0.2) is 4.79 Å². The van der Waals surface area contributed by atoms with Gasteiger partial charge in [0.25, 0.3) is 0 Å². The lowest BCUT2D eigenvalue weighted by Gasteiger charge is -2.09. The Morgan fingerprint density at radius 2 is 1.43 bits per heavy atom. The summed E-state index contributed by atoms with van der Waals surface area (Å²) >= 11 is 11.6. The maximum atomic E-state index is 11.8. The molecular weight excluding hydrogens is 315 g/mol. The lowest BCUT2D eigenvalue weighted by Crippen LogP contribution is -2.22. The molecule has 0 aliphatic rings. The fourth-order valence-corrected chi connectivity index (χ4v) is 1.86. The molecule has 0 saturated carbocycles. The van der Waals surface area contributed by atoms with Crippen LogP contribution in [0.2, 0.25) is 10.0 Å². The molecular formula is C14H9Cl2N2O3-. The highest BCUT2D eigenvalue weighted by molar-refractivity contribution is 6.42. The van der Waals surface area contributed by atoms with E-state index in [9.17, 15) is 14.7 Å². The minimum Gasteiger partial charge on any atom is -0.545 e. The molecule has 21 heavy (non-hydrogen) atoms. The van der Waals surface area contributed by atoms with Gasteiger partial charge in [-0.05, 0) is 35.9 Å². The predicted molar refractivity (Wildman–Crippen MR) is 79.9 cm³/mol. The van der Waals surface area contributed by atoms with Gasteiger partial charge in [-0.2, -0.15) is 0 Å². The van der Waals surface area contributed by atoms with Crippen LogP contribution >= 0.6 is 23.2 Å². The zero-order chi connectivity index (χ0) is 15.4. The van der Waals surface area contributed by atoms with E-state index in [1.165, 1.54) is 30.3 Å². The van der Waals surface area contributed by atoms with E-state index in [0.717, 1.165) is 0 Å². The maximum absolute atomic E-state index is 11.8. The zero-order valence-electron chi connectivity index (χ0n) is 10.5. The molecule has 0 unspecified atom stereocenters. The highest BCUT2D eigenvalue weighted by Gasteiger charge is 2.05. The summed E-state index contributed by atoms with van der Waals surface area (Å²) in [6, 6.07) is 9.78. The number of carboxylic acid groups (broad SMARTS) is 1. The van der Waals surface area contributed by atoms with Crippen LogP contribution in [0.25, 0.3) is 0 Å². The van der Waals surface area contributed by atoms with Gasteiger partial charge in [-0.1, -0.05) is 35.3 Å². The fraction of sp³-hybridized carbons (Fsp3) is 0. The van der Waals surface area contributed by atoms with Gasteiger partial charge in [-0.15, -0.1) is 0 Å². The standard InChI is InChI=1S/C14H10Cl2N2O3/c15-11-6-5-10(7-12(11)16)18-14(21)17-9-3-1-8(2-4-9)13(19)20/h1-7H,(H,19,20)(H2,17,18,21)/p-1. The molecule has 0 heterocycles. The molecule has 2 rings (SSSR count). The van der Waals surface area contributed by atoms with Crippen molar-refractivity contribution in [2.75, 3.05) is 10.6 Å². The lowest BCUT2D eigenvalue weighted by molar-refractivity contribution is -0.255. The zero-order valence-corrected chi connectivity index (χ0v) is 12.0. The van der Waals surface area contributed by atoms with Crippen molar-refractivity contribution in [3.05, 3.63) is 58.1 Å². The number of carboxylic acids is 1. The van der Waals surface area contributed by atoms with E-state index >= 15 is 0 Å². The smallest absolute Gasteiger partial charge is 0.323 e. The quantitative estimate of drug-likeness (QED) is 0.910. The van der Waals surface area contributed by atoms with Crippen molar-refractivity contribution < 1.29 is 14.7 Å². The van der Waals surface area contributed by atoms with E-state index in [1.807, 2.05) is 0 Å². The second kappa shape index (κ2) is 6.47. The maximum Gasteiger partial charge on any atom is 0.323 e. The number of amides is 2. The summed E-state index contributed by atoms with van der Waals surface area (Å²) in [6.45, 7) is 0. The SMILES string of the molecule is O=C(Nc1ccc(C(=O)[O-])cc1)Nc1ccc(Cl)c(Cl)c1. The van der Waals surface area contributed by atoms with Crippen molar-refractivity contribution in [1.82, 2.24) is 0 Å². The van der Waals surface area contributed by atoms with Gasteiger partial charge in [0.2, 0.25) is 0 Å². The van der Waals surface area contributed by atoms with Crippen LogP contribution < -0.4 is 15.7 Å². The Bertz CT molecular complexity index is 687. The van der Waals surface area contributed by atoms with Crippen molar-refractivity contribution in [2.45, 2.75) is 0 Å². The van der Waals surface area contributed by atoms with Gasteiger partial charge >= 0.3 is 6.03 Å². The molecule has 0 saturated heterocycles. The van der Waals surface area contributed by atoms with Crippen LogP contribution in [0.3, 0.4) is 0 Å². The second-order valence-electron chi connectivity index (χ2n) is 4.07. The average Bonchev–Trinajstić information content (AvgIpc) is 2.43. The number of anilines is 2. The van der Waals surface area contributed by atoms with Gasteiger partial charge in [0.1, 0.15) is 0 Å². The summed E-state index contributed by atoms with van der Waals surface area (Å²) in [5, 5.41) is 16.4. The van der Waals surface area contributed by atoms with Crippen molar-refractivity contribution in [2.24, 2.45) is 0 Å². The number of halogens is 2. The van der Waals surface area contributed by atoms with Gasteiger partial charge in [0, 0.05) is 11.4 Å². The molecule has 0 aromatic heterocycles. The predicted octanol–water partition coefficient (Wildman–Crippen LogP) is 3.00. The van der Waals surface area contributed by atoms with Crippen molar-refractivity contribution in [3.63, 3.8) is 0 Å². The molecule has 0 aliphatic heterocycles. The summed E-state index contributed by atoms with van der Waals surface area (Å²) in [4.78, 5) is 22.4. The first-order valence-electron chi connectivity index (χ1n) is 5.80. The highest BCUT2D eigenvalue weighted by Crippen LogP contribution is 2.25. The number of carbonyl (C=O) groups excluding carboxylic acids is 2. The number of carbonyl (C=O) groups is 2. The van der Waals surface area contributed by atoms with Crippen LogP contribution in [0.4, 0.5) is 16.2 Å². The van der Waals surface area contributed by atoms with Gasteiger partial charge in [0.05, 0.1) is 16.0 Å². The van der Waals surface area contributed by atoms with Crippen molar-refractivity contribution >= 4 is 46.6 Å². The first-order valence-corrected chi connectivity index (χ1v) is 6.56. The fourth-order valence-electron chi connectivity index (χ4n) is 1.56. The molecule has 7 heteroatoms. The van der Waals surface area contributed by atoms with E-state index < -0.39 is 12.0 Å². The first kappa shape index (κ1) is 15.2. The second-order valence-corrected chi connectivity index (χ2v) is 4.89. The highest BCUT2D eigenvalue weighted by atomic mass is 35.5. The minimum absolute atomic E-state index is 0.0328. The number of aromatic carboxylic acids is 1. The Morgan fingerprint density at radius 1 is 0.857 bits per heavy atom. The molecule has 2 amide bonds. The third-order valence-corrected chi connectivity index (χ3v) is 3.29. The number of rotatable bonds is 3. The van der Waals surface area contributed by atoms with Crippen LogP contribution in [0.15, 0.2) is 42.5 Å². The van der Waals surface area contributed by atoms with Crippen LogP contribution in [0.5, 0.6) is 0 Å². The van der Waals surface area contributed by atoms with E-state index in [4.69, 9.17) is 23.2 Å². The van der Waals surface area contributed by atoms with Gasteiger partial charge < -0.3 is 20.5 Å². The Balaban J connectivity index is 2.01. The molecule has 2 aromatic carbocycles. The monoisotopic (exact) mass is 323 g/mol. The molecule has 0 radical (unpaired) electrons. The molecule has 2 aromatic rings. The Kier molecular flexibility index (Phi) is 4.67.